The summed E-state index contributed by atoms with van der Waals surface area (Å²) in [6.45, 7) is 0. The predicted molar refractivity (Wildman–Crippen MR) is 95.8 cm³/mol. The molecule has 0 aliphatic carbocycles. The van der Waals surface area contributed by atoms with Crippen molar-refractivity contribution < 1.29 is 14.3 Å². The Bertz CT molecular complexity index is 698. The van der Waals surface area contributed by atoms with Crippen LogP contribution in [0, 0.1) is 3.57 Å². The molecule has 0 aliphatic rings. The van der Waals surface area contributed by atoms with Crippen LogP contribution in [0.2, 0.25) is 0 Å². The summed E-state index contributed by atoms with van der Waals surface area (Å²) in [6.07, 6.45) is 3.11. The number of benzene rings is 2. The molecule has 0 heterocycles. The SMILES string of the molecule is COc1ccc(C(=O)/C=C/Nc2ccccc2I)c(OC)c1. The normalized spacial score (nSPS) is 10.5. The van der Waals surface area contributed by atoms with Crippen LogP contribution in [0.1, 0.15) is 10.4 Å². The highest BCUT2D eigenvalue weighted by molar-refractivity contribution is 14.1. The van der Waals surface area contributed by atoms with Crippen molar-refractivity contribution in [3.63, 3.8) is 0 Å². The van der Waals surface area contributed by atoms with E-state index in [4.69, 9.17) is 9.47 Å². The predicted octanol–water partition coefficient (Wildman–Crippen LogP) is 4.12. The minimum absolute atomic E-state index is 0.141. The molecule has 0 bridgehead atoms. The Balaban J connectivity index is 2.12. The van der Waals surface area contributed by atoms with Gasteiger partial charge in [-0.2, -0.15) is 0 Å². The maximum atomic E-state index is 12.2. The van der Waals surface area contributed by atoms with Crippen LogP contribution in [0.3, 0.4) is 0 Å². The quantitative estimate of drug-likeness (QED) is 0.443. The number of anilines is 1. The summed E-state index contributed by atoms with van der Waals surface area (Å²) < 4.78 is 11.4. The van der Waals surface area contributed by atoms with Gasteiger partial charge in [-0.1, -0.05) is 12.1 Å². The van der Waals surface area contributed by atoms with Gasteiger partial charge < -0.3 is 14.8 Å². The molecule has 4 nitrogen and oxygen atoms in total. The molecule has 0 unspecified atom stereocenters. The highest BCUT2D eigenvalue weighted by Crippen LogP contribution is 2.25. The lowest BCUT2D eigenvalue weighted by Gasteiger charge is -2.08. The van der Waals surface area contributed by atoms with E-state index in [1.807, 2.05) is 24.3 Å². The van der Waals surface area contributed by atoms with E-state index in [0.717, 1.165) is 9.26 Å². The van der Waals surface area contributed by atoms with Crippen LogP contribution in [0.15, 0.2) is 54.7 Å². The van der Waals surface area contributed by atoms with E-state index in [1.54, 1.807) is 31.5 Å². The van der Waals surface area contributed by atoms with E-state index in [1.165, 1.54) is 13.2 Å². The van der Waals surface area contributed by atoms with E-state index < -0.39 is 0 Å². The lowest BCUT2D eigenvalue weighted by Crippen LogP contribution is -2.01. The van der Waals surface area contributed by atoms with Crippen LogP contribution in [0.5, 0.6) is 11.5 Å². The third-order valence-corrected chi connectivity index (χ3v) is 3.96. The van der Waals surface area contributed by atoms with Crippen molar-refractivity contribution in [2.45, 2.75) is 0 Å². The molecule has 2 aromatic rings. The average Bonchev–Trinajstić information content (AvgIpc) is 2.55. The summed E-state index contributed by atoms with van der Waals surface area (Å²) in [6, 6.07) is 13.0. The van der Waals surface area contributed by atoms with Gasteiger partial charge in [0.1, 0.15) is 11.5 Å². The maximum Gasteiger partial charge on any atom is 0.191 e. The van der Waals surface area contributed by atoms with Crippen LogP contribution in [-0.4, -0.2) is 20.0 Å². The van der Waals surface area contributed by atoms with Crippen LogP contribution in [0.25, 0.3) is 0 Å². The minimum atomic E-state index is -0.141. The van der Waals surface area contributed by atoms with Gasteiger partial charge in [0.15, 0.2) is 5.78 Å². The minimum Gasteiger partial charge on any atom is -0.497 e. The zero-order valence-corrected chi connectivity index (χ0v) is 14.5. The smallest absolute Gasteiger partial charge is 0.191 e. The Morgan fingerprint density at radius 1 is 1.14 bits per heavy atom. The van der Waals surface area contributed by atoms with E-state index in [-0.39, 0.29) is 5.78 Å². The summed E-state index contributed by atoms with van der Waals surface area (Å²) in [5.74, 6) is 0.996. The standard InChI is InChI=1S/C17H16INO3/c1-21-12-7-8-13(17(11-12)22-2)16(20)9-10-19-15-6-4-3-5-14(15)18/h3-11,19H,1-2H3/b10-9+. The summed E-state index contributed by atoms with van der Waals surface area (Å²) in [4.78, 5) is 12.2. The van der Waals surface area contributed by atoms with E-state index >= 15 is 0 Å². The lowest BCUT2D eigenvalue weighted by atomic mass is 10.1. The number of carbonyl (C=O) groups is 1. The van der Waals surface area contributed by atoms with Crippen LogP contribution in [-0.2, 0) is 0 Å². The molecule has 0 aromatic heterocycles. The molecular weight excluding hydrogens is 393 g/mol. The van der Waals surface area contributed by atoms with Crippen molar-refractivity contribution in [3.05, 3.63) is 63.9 Å². The number of nitrogens with one attached hydrogen (secondary N) is 1. The second-order valence-electron chi connectivity index (χ2n) is 4.39. The number of allylic oxidation sites excluding steroid dienone is 1. The van der Waals surface area contributed by atoms with Crippen LogP contribution >= 0.6 is 22.6 Å². The lowest BCUT2D eigenvalue weighted by molar-refractivity contribution is 0.104. The molecule has 0 spiro atoms. The molecule has 0 amide bonds. The number of hydrogen-bond acceptors (Lipinski definition) is 4. The highest BCUT2D eigenvalue weighted by atomic mass is 127. The summed E-state index contributed by atoms with van der Waals surface area (Å²) in [5, 5.41) is 3.10. The van der Waals surface area contributed by atoms with Crippen LogP contribution in [0.4, 0.5) is 5.69 Å². The third-order valence-electron chi connectivity index (χ3n) is 3.02. The number of methoxy groups -OCH3 is 2. The fraction of sp³-hybridized carbons (Fsp3) is 0.118. The second-order valence-corrected chi connectivity index (χ2v) is 5.55. The molecule has 0 fully saturated rings. The Kier molecular flexibility index (Phi) is 5.83. The Hall–Kier alpha value is -2.02. The molecule has 114 valence electrons. The van der Waals surface area contributed by atoms with Crippen molar-refractivity contribution in [3.8, 4) is 11.5 Å². The fourth-order valence-corrected chi connectivity index (χ4v) is 2.42. The largest absolute Gasteiger partial charge is 0.497 e. The Labute approximate surface area is 143 Å². The van der Waals surface area contributed by atoms with Gasteiger partial charge in [0, 0.05) is 21.9 Å². The first-order chi connectivity index (χ1) is 10.7. The monoisotopic (exact) mass is 409 g/mol. The molecule has 0 atom stereocenters. The number of carbonyl (C=O) groups excluding carboxylic acids is 1. The van der Waals surface area contributed by atoms with Crippen molar-refractivity contribution in [2.75, 3.05) is 19.5 Å². The molecule has 0 saturated heterocycles. The van der Waals surface area contributed by atoms with Gasteiger partial charge in [0.2, 0.25) is 0 Å². The number of ether oxygens (including phenoxy) is 2. The first-order valence-corrected chi connectivity index (χ1v) is 7.67. The highest BCUT2D eigenvalue weighted by Gasteiger charge is 2.10. The number of ketones is 1. The summed E-state index contributed by atoms with van der Waals surface area (Å²) in [7, 11) is 3.10. The Morgan fingerprint density at radius 2 is 1.91 bits per heavy atom. The molecule has 22 heavy (non-hydrogen) atoms. The van der Waals surface area contributed by atoms with Crippen molar-refractivity contribution >= 4 is 34.1 Å². The molecule has 0 saturated carbocycles. The zero-order valence-electron chi connectivity index (χ0n) is 12.3. The topological polar surface area (TPSA) is 47.6 Å². The molecule has 0 aliphatic heterocycles. The molecule has 2 rings (SSSR count). The number of halogens is 1. The number of rotatable bonds is 6. The molecule has 5 heteroatoms. The summed E-state index contributed by atoms with van der Waals surface area (Å²) in [5.41, 5.74) is 1.44. The van der Waals surface area contributed by atoms with Gasteiger partial charge in [-0.15, -0.1) is 0 Å². The fourth-order valence-electron chi connectivity index (χ4n) is 1.88. The van der Waals surface area contributed by atoms with E-state index in [9.17, 15) is 4.79 Å². The molecule has 1 N–H and O–H groups in total. The van der Waals surface area contributed by atoms with Crippen molar-refractivity contribution in [1.82, 2.24) is 0 Å². The van der Waals surface area contributed by atoms with Gasteiger partial charge >= 0.3 is 0 Å². The average molecular weight is 409 g/mol. The molecule has 0 radical (unpaired) electrons. The van der Waals surface area contributed by atoms with E-state index in [2.05, 4.69) is 27.9 Å². The number of hydrogen-bond donors (Lipinski definition) is 1. The van der Waals surface area contributed by atoms with Crippen molar-refractivity contribution in [1.29, 1.82) is 0 Å². The first kappa shape index (κ1) is 16.4. The summed E-state index contributed by atoms with van der Waals surface area (Å²) >= 11 is 2.23. The van der Waals surface area contributed by atoms with Gasteiger partial charge in [0.05, 0.1) is 25.5 Å². The van der Waals surface area contributed by atoms with Gasteiger partial charge in [0.25, 0.3) is 0 Å². The van der Waals surface area contributed by atoms with Gasteiger partial charge in [-0.05, 0) is 46.9 Å². The Morgan fingerprint density at radius 3 is 2.59 bits per heavy atom. The first-order valence-electron chi connectivity index (χ1n) is 6.59. The third kappa shape index (κ3) is 4.00. The number of para-hydroxylation sites is 1. The molecular formula is C17H16INO3. The van der Waals surface area contributed by atoms with E-state index in [0.29, 0.717) is 17.1 Å². The van der Waals surface area contributed by atoms with Gasteiger partial charge in [-0.25, -0.2) is 0 Å². The van der Waals surface area contributed by atoms with Crippen molar-refractivity contribution in [2.24, 2.45) is 0 Å². The van der Waals surface area contributed by atoms with Gasteiger partial charge in [-0.3, -0.25) is 4.79 Å². The van der Waals surface area contributed by atoms with Crippen LogP contribution < -0.4 is 14.8 Å². The zero-order chi connectivity index (χ0) is 15.9. The molecule has 2 aromatic carbocycles. The maximum absolute atomic E-state index is 12.2. The second kappa shape index (κ2) is 7.84.